The number of methoxy groups -OCH3 is 1. The number of nitrogens with zero attached hydrogens (tertiary/aromatic N) is 4. The van der Waals surface area contributed by atoms with Crippen molar-refractivity contribution in [3.63, 3.8) is 0 Å². The zero-order chi connectivity index (χ0) is 25.0. The fourth-order valence-electron chi connectivity index (χ4n) is 4.51. The molecule has 0 amide bonds. The van der Waals surface area contributed by atoms with Crippen LogP contribution < -0.4 is 19.7 Å². The molecule has 3 aromatic carbocycles. The fraction of sp³-hybridized carbons (Fsp3) is 0.250. The van der Waals surface area contributed by atoms with E-state index in [4.69, 9.17) is 19.2 Å². The third kappa shape index (κ3) is 5.12. The summed E-state index contributed by atoms with van der Waals surface area (Å²) >= 11 is 0. The molecular weight excluding hydrogens is 468 g/mol. The number of para-hydroxylation sites is 1. The molecule has 0 bridgehead atoms. The number of ether oxygens (including phenoxy) is 3. The van der Waals surface area contributed by atoms with Crippen LogP contribution in [0.2, 0.25) is 0 Å². The van der Waals surface area contributed by atoms with Crippen LogP contribution >= 0.6 is 0 Å². The number of benzene rings is 3. The van der Waals surface area contributed by atoms with Crippen LogP contribution in [0.4, 0.5) is 17.6 Å². The van der Waals surface area contributed by atoms with E-state index in [0.29, 0.717) is 51.2 Å². The molecule has 1 fully saturated rings. The summed E-state index contributed by atoms with van der Waals surface area (Å²) in [5, 5.41) is 5.67. The average molecular weight is 497 g/mol. The molecule has 5 aromatic rings. The van der Waals surface area contributed by atoms with E-state index in [1.54, 1.807) is 7.11 Å². The molecule has 0 spiro atoms. The van der Waals surface area contributed by atoms with E-state index in [0.717, 1.165) is 33.4 Å². The van der Waals surface area contributed by atoms with Gasteiger partial charge in [-0.3, -0.25) is 0 Å². The van der Waals surface area contributed by atoms with Crippen molar-refractivity contribution in [2.45, 2.75) is 6.42 Å². The molecule has 0 atom stereocenters. The fourth-order valence-corrected chi connectivity index (χ4v) is 4.51. The number of aromatic nitrogens is 4. The Morgan fingerprint density at radius 1 is 0.919 bits per heavy atom. The summed E-state index contributed by atoms with van der Waals surface area (Å²) in [6.45, 7) is 3.14. The molecular formula is C28H28N6O3. The lowest BCUT2D eigenvalue weighted by atomic mass is 10.1. The third-order valence-electron chi connectivity index (χ3n) is 6.42. The molecule has 1 aliphatic rings. The second-order valence-corrected chi connectivity index (χ2v) is 8.85. The molecule has 37 heavy (non-hydrogen) atoms. The number of morpholine rings is 1. The Morgan fingerprint density at radius 2 is 1.78 bits per heavy atom. The lowest BCUT2D eigenvalue weighted by Gasteiger charge is -2.27. The van der Waals surface area contributed by atoms with Gasteiger partial charge < -0.3 is 29.4 Å². The molecule has 1 aliphatic heterocycles. The van der Waals surface area contributed by atoms with E-state index in [-0.39, 0.29) is 6.01 Å². The van der Waals surface area contributed by atoms with Crippen molar-refractivity contribution in [3.05, 3.63) is 72.3 Å². The summed E-state index contributed by atoms with van der Waals surface area (Å²) < 4.78 is 16.8. The molecule has 188 valence electrons. The zero-order valence-electron chi connectivity index (χ0n) is 20.6. The normalized spacial score (nSPS) is 13.7. The first kappa shape index (κ1) is 23.1. The summed E-state index contributed by atoms with van der Waals surface area (Å²) in [6, 6.07) is 22.7. The molecule has 2 N–H and O–H groups in total. The Labute approximate surface area is 214 Å². The predicted octanol–water partition coefficient (Wildman–Crippen LogP) is 4.72. The topological polar surface area (TPSA) is 97.4 Å². The zero-order valence-corrected chi connectivity index (χ0v) is 20.6. The average Bonchev–Trinajstić information content (AvgIpc) is 3.32. The number of anilines is 3. The Balaban J connectivity index is 1.25. The van der Waals surface area contributed by atoms with Crippen LogP contribution in [-0.4, -0.2) is 60.0 Å². The summed E-state index contributed by atoms with van der Waals surface area (Å²) in [7, 11) is 1.67. The van der Waals surface area contributed by atoms with Crippen molar-refractivity contribution in [1.29, 1.82) is 0 Å². The summed E-state index contributed by atoms with van der Waals surface area (Å²) in [5.74, 6) is 1.84. The lowest BCUT2D eigenvalue weighted by molar-refractivity contribution is 0.122. The standard InChI is InChI=1S/C28H28N6O3/c1-35-21-6-4-5-19(17-21)11-14-37-28-32-26(31-27(33-28)34-12-15-36-16-13-34)29-20-9-10-25-23(18-20)22-7-2-3-8-24(22)30-25/h2-10,17-18,30H,11-16H2,1H3,(H,29,31,32,33). The molecule has 1 saturated heterocycles. The number of aromatic amines is 1. The van der Waals surface area contributed by atoms with Gasteiger partial charge in [0, 0.05) is 47.0 Å². The summed E-state index contributed by atoms with van der Waals surface area (Å²) in [6.07, 6.45) is 0.704. The maximum Gasteiger partial charge on any atom is 0.323 e. The van der Waals surface area contributed by atoms with Gasteiger partial charge in [-0.15, -0.1) is 0 Å². The first-order chi connectivity index (χ1) is 18.2. The number of hydrogen-bond acceptors (Lipinski definition) is 8. The highest BCUT2D eigenvalue weighted by molar-refractivity contribution is 6.08. The minimum atomic E-state index is 0.287. The second-order valence-electron chi connectivity index (χ2n) is 8.85. The van der Waals surface area contributed by atoms with Crippen molar-refractivity contribution in [1.82, 2.24) is 19.9 Å². The van der Waals surface area contributed by atoms with Crippen molar-refractivity contribution in [2.75, 3.05) is 50.2 Å². The van der Waals surface area contributed by atoms with Crippen molar-refractivity contribution in [3.8, 4) is 11.8 Å². The Kier molecular flexibility index (Phi) is 6.43. The second kappa shape index (κ2) is 10.3. The molecule has 9 nitrogen and oxygen atoms in total. The smallest absolute Gasteiger partial charge is 0.323 e. The van der Waals surface area contributed by atoms with E-state index in [1.165, 1.54) is 5.39 Å². The van der Waals surface area contributed by atoms with Gasteiger partial charge in [0.25, 0.3) is 0 Å². The lowest BCUT2D eigenvalue weighted by Crippen LogP contribution is -2.37. The molecule has 9 heteroatoms. The summed E-state index contributed by atoms with van der Waals surface area (Å²) in [5.41, 5.74) is 4.19. The van der Waals surface area contributed by atoms with Crippen LogP contribution in [0.5, 0.6) is 11.8 Å². The highest BCUT2D eigenvalue weighted by atomic mass is 16.5. The van der Waals surface area contributed by atoms with Crippen LogP contribution in [0.1, 0.15) is 5.56 Å². The van der Waals surface area contributed by atoms with Crippen molar-refractivity contribution >= 4 is 39.4 Å². The van der Waals surface area contributed by atoms with Gasteiger partial charge in [-0.05, 0) is 42.0 Å². The first-order valence-corrected chi connectivity index (χ1v) is 12.4. The monoisotopic (exact) mass is 496 g/mol. The number of fused-ring (bicyclic) bond motifs is 3. The first-order valence-electron chi connectivity index (χ1n) is 12.4. The van der Waals surface area contributed by atoms with E-state index in [9.17, 15) is 0 Å². The van der Waals surface area contributed by atoms with Gasteiger partial charge in [-0.2, -0.15) is 15.0 Å². The minimum Gasteiger partial charge on any atom is -0.497 e. The highest BCUT2D eigenvalue weighted by Gasteiger charge is 2.18. The summed E-state index contributed by atoms with van der Waals surface area (Å²) in [4.78, 5) is 19.4. The van der Waals surface area contributed by atoms with Crippen LogP contribution in [0.25, 0.3) is 21.8 Å². The van der Waals surface area contributed by atoms with Crippen molar-refractivity contribution < 1.29 is 14.2 Å². The maximum absolute atomic E-state index is 6.00. The Bertz CT molecular complexity index is 1530. The van der Waals surface area contributed by atoms with E-state index >= 15 is 0 Å². The maximum atomic E-state index is 6.00. The van der Waals surface area contributed by atoms with Gasteiger partial charge in [0.15, 0.2) is 0 Å². The Hall–Kier alpha value is -4.37. The molecule has 6 rings (SSSR count). The SMILES string of the molecule is COc1cccc(CCOc2nc(Nc3ccc4[nH]c5ccccc5c4c3)nc(N3CCOCC3)n2)c1. The van der Waals surface area contributed by atoms with Crippen LogP contribution in [0.3, 0.4) is 0 Å². The van der Waals surface area contributed by atoms with Gasteiger partial charge in [0.1, 0.15) is 5.75 Å². The third-order valence-corrected chi connectivity index (χ3v) is 6.42. The molecule has 0 unspecified atom stereocenters. The Morgan fingerprint density at radius 3 is 2.68 bits per heavy atom. The minimum absolute atomic E-state index is 0.287. The van der Waals surface area contributed by atoms with Crippen LogP contribution in [0, 0.1) is 0 Å². The van der Waals surface area contributed by atoms with Crippen molar-refractivity contribution in [2.24, 2.45) is 0 Å². The molecule has 0 saturated carbocycles. The highest BCUT2D eigenvalue weighted by Crippen LogP contribution is 2.29. The van der Waals surface area contributed by atoms with Gasteiger partial charge in [0.05, 0.1) is 26.9 Å². The molecule has 0 aliphatic carbocycles. The quantitative estimate of drug-likeness (QED) is 0.319. The number of H-pyrrole nitrogens is 1. The molecule has 2 aromatic heterocycles. The predicted molar refractivity (Wildman–Crippen MR) is 144 cm³/mol. The number of hydrogen-bond donors (Lipinski definition) is 2. The van der Waals surface area contributed by atoms with Gasteiger partial charge in [-0.25, -0.2) is 0 Å². The van der Waals surface area contributed by atoms with Crippen LogP contribution in [0.15, 0.2) is 66.7 Å². The number of nitrogens with one attached hydrogen (secondary N) is 2. The molecule has 3 heterocycles. The van der Waals surface area contributed by atoms with E-state index in [2.05, 4.69) is 49.4 Å². The van der Waals surface area contributed by atoms with Crippen LogP contribution in [-0.2, 0) is 11.2 Å². The molecule has 0 radical (unpaired) electrons. The van der Waals surface area contributed by atoms with Gasteiger partial charge in [0.2, 0.25) is 11.9 Å². The largest absolute Gasteiger partial charge is 0.497 e. The van der Waals surface area contributed by atoms with Gasteiger partial charge in [-0.1, -0.05) is 30.3 Å². The van der Waals surface area contributed by atoms with E-state index < -0.39 is 0 Å². The van der Waals surface area contributed by atoms with Gasteiger partial charge >= 0.3 is 6.01 Å². The number of rotatable bonds is 8. The van der Waals surface area contributed by atoms with E-state index in [1.807, 2.05) is 42.5 Å².